The van der Waals surface area contributed by atoms with Gasteiger partial charge < -0.3 is 12.6 Å². The summed E-state index contributed by atoms with van der Waals surface area (Å²) in [5, 5.41) is 0. The van der Waals surface area contributed by atoms with Crippen molar-refractivity contribution in [2.75, 3.05) is 40.3 Å². The molecule has 0 aromatic heterocycles. The summed E-state index contributed by atoms with van der Waals surface area (Å²) in [6.45, 7) is 4.59. The molecule has 1 rings (SSSR count). The van der Waals surface area contributed by atoms with Crippen molar-refractivity contribution in [1.82, 2.24) is 8.78 Å². The summed E-state index contributed by atoms with van der Waals surface area (Å²) in [6.07, 6.45) is 2.47. The Morgan fingerprint density at radius 2 is 1.83 bits per heavy atom. The summed E-state index contributed by atoms with van der Waals surface area (Å²) in [4.78, 5) is 2.39. The highest BCUT2D eigenvalue weighted by atomic mass is 27.1. The SMILES string of the molecule is CN1CCC[O][AlH][N](C)CCC1. The van der Waals surface area contributed by atoms with E-state index in [2.05, 4.69) is 22.9 Å². The molecular formula is C8H19AlN2O. The zero-order valence-electron chi connectivity index (χ0n) is 8.25. The van der Waals surface area contributed by atoms with E-state index in [0.717, 1.165) is 6.61 Å². The molecule has 0 aromatic carbocycles. The van der Waals surface area contributed by atoms with Crippen LogP contribution in [0.15, 0.2) is 0 Å². The lowest BCUT2D eigenvalue weighted by Gasteiger charge is -2.22. The predicted octanol–water partition coefficient (Wildman–Crippen LogP) is -0.0731. The van der Waals surface area contributed by atoms with Gasteiger partial charge in [-0.1, -0.05) is 0 Å². The van der Waals surface area contributed by atoms with Gasteiger partial charge in [-0.15, -0.1) is 0 Å². The third kappa shape index (κ3) is 4.44. The van der Waals surface area contributed by atoms with Gasteiger partial charge in [-0.3, -0.25) is 0 Å². The standard InChI is InChI=1S/C8H18N2O.Al.H/c1-9-5-3-6-10(2)7-4-8-11;;/h3-8H2,1-2H3;;/q-2;+2;. The summed E-state index contributed by atoms with van der Waals surface area (Å²) >= 11 is -0.364. The van der Waals surface area contributed by atoms with Gasteiger partial charge in [-0.2, -0.15) is 0 Å². The lowest BCUT2D eigenvalue weighted by molar-refractivity contribution is 0.231. The average molecular weight is 186 g/mol. The van der Waals surface area contributed by atoms with Gasteiger partial charge in [-0.05, 0) is 46.6 Å². The molecular weight excluding hydrogens is 167 g/mol. The minimum Gasteiger partial charge on any atom is -0.491 e. The van der Waals surface area contributed by atoms with Crippen LogP contribution in [-0.4, -0.2) is 64.9 Å². The first-order valence-electron chi connectivity index (χ1n) is 4.74. The summed E-state index contributed by atoms with van der Waals surface area (Å²) in [6, 6.07) is 0. The molecule has 0 aliphatic carbocycles. The van der Waals surface area contributed by atoms with Crippen molar-refractivity contribution in [2.24, 2.45) is 0 Å². The van der Waals surface area contributed by atoms with Crippen molar-refractivity contribution in [2.45, 2.75) is 12.8 Å². The Morgan fingerprint density at radius 3 is 2.67 bits per heavy atom. The minimum atomic E-state index is -0.364. The zero-order valence-corrected chi connectivity index (χ0v) is 9.67. The maximum Gasteiger partial charge on any atom is 0.554 e. The average Bonchev–Trinajstić information content (AvgIpc) is 2.04. The second-order valence-corrected chi connectivity index (χ2v) is 5.37. The first kappa shape index (κ1) is 10.5. The first-order valence-corrected chi connectivity index (χ1v) is 5.95. The molecule has 1 saturated heterocycles. The van der Waals surface area contributed by atoms with Crippen LogP contribution < -0.4 is 0 Å². The van der Waals surface area contributed by atoms with Crippen LogP contribution in [0, 0.1) is 0 Å². The third-order valence-corrected chi connectivity index (χ3v) is 3.45. The van der Waals surface area contributed by atoms with E-state index in [1.54, 1.807) is 0 Å². The van der Waals surface area contributed by atoms with Crippen molar-refractivity contribution in [3.8, 4) is 0 Å². The quantitative estimate of drug-likeness (QED) is 0.492. The normalized spacial score (nSPS) is 24.8. The molecule has 4 heteroatoms. The fourth-order valence-corrected chi connectivity index (χ4v) is 2.44. The van der Waals surface area contributed by atoms with E-state index >= 15 is 0 Å². The Morgan fingerprint density at radius 1 is 1.08 bits per heavy atom. The molecule has 0 unspecified atom stereocenters. The molecule has 1 aliphatic rings. The second kappa shape index (κ2) is 5.96. The number of rotatable bonds is 0. The van der Waals surface area contributed by atoms with Crippen molar-refractivity contribution in [3.05, 3.63) is 0 Å². The van der Waals surface area contributed by atoms with Crippen LogP contribution >= 0.6 is 0 Å². The Hall–Kier alpha value is 0.412. The monoisotopic (exact) mass is 186 g/mol. The van der Waals surface area contributed by atoms with Gasteiger partial charge in [0, 0.05) is 6.61 Å². The molecule has 0 amide bonds. The van der Waals surface area contributed by atoms with E-state index in [-0.39, 0.29) is 15.8 Å². The van der Waals surface area contributed by atoms with Crippen LogP contribution in [0.5, 0.6) is 0 Å². The van der Waals surface area contributed by atoms with Gasteiger partial charge in [0.05, 0.1) is 0 Å². The molecule has 12 heavy (non-hydrogen) atoms. The zero-order chi connectivity index (χ0) is 8.81. The summed E-state index contributed by atoms with van der Waals surface area (Å²) in [5.74, 6) is 0. The smallest absolute Gasteiger partial charge is 0.491 e. The van der Waals surface area contributed by atoms with E-state index < -0.39 is 0 Å². The van der Waals surface area contributed by atoms with Crippen LogP contribution in [0.25, 0.3) is 0 Å². The lowest BCUT2D eigenvalue weighted by Crippen LogP contribution is -2.32. The molecule has 0 saturated carbocycles. The molecule has 0 aromatic rings. The van der Waals surface area contributed by atoms with E-state index in [1.165, 1.54) is 32.5 Å². The molecule has 0 atom stereocenters. The van der Waals surface area contributed by atoms with Crippen molar-refractivity contribution < 1.29 is 3.79 Å². The second-order valence-electron chi connectivity index (χ2n) is 3.63. The Bertz CT molecular complexity index is 112. The highest BCUT2D eigenvalue weighted by molar-refractivity contribution is 6.23. The Kier molecular flexibility index (Phi) is 5.21. The van der Waals surface area contributed by atoms with Gasteiger partial charge in [-0.25, -0.2) is 0 Å². The number of nitrogens with zero attached hydrogens (tertiary/aromatic N) is 2. The lowest BCUT2D eigenvalue weighted by atomic mass is 10.3. The minimum absolute atomic E-state index is 0.364. The molecule has 70 valence electrons. The van der Waals surface area contributed by atoms with E-state index in [4.69, 9.17) is 3.79 Å². The maximum atomic E-state index is 5.61. The fraction of sp³-hybridized carbons (Fsp3) is 1.00. The van der Waals surface area contributed by atoms with Gasteiger partial charge in [0.2, 0.25) is 0 Å². The van der Waals surface area contributed by atoms with Crippen LogP contribution in [0.3, 0.4) is 0 Å². The molecule has 1 fully saturated rings. The topological polar surface area (TPSA) is 15.7 Å². The van der Waals surface area contributed by atoms with E-state index in [1.807, 2.05) is 0 Å². The van der Waals surface area contributed by atoms with E-state index in [0.29, 0.717) is 0 Å². The molecule has 1 heterocycles. The molecule has 0 radical (unpaired) electrons. The largest absolute Gasteiger partial charge is 0.554 e. The predicted molar refractivity (Wildman–Crippen MR) is 52.5 cm³/mol. The number of hydrogen-bond acceptors (Lipinski definition) is 3. The highest BCUT2D eigenvalue weighted by Crippen LogP contribution is 1.96. The Labute approximate surface area is 81.9 Å². The van der Waals surface area contributed by atoms with Gasteiger partial charge in [0.25, 0.3) is 0 Å². The maximum absolute atomic E-state index is 5.61. The summed E-state index contributed by atoms with van der Waals surface area (Å²) < 4.78 is 7.98. The van der Waals surface area contributed by atoms with Crippen LogP contribution in [0.1, 0.15) is 12.8 Å². The molecule has 0 N–H and O–H groups in total. The van der Waals surface area contributed by atoms with Gasteiger partial charge in [0.1, 0.15) is 0 Å². The molecule has 0 spiro atoms. The van der Waals surface area contributed by atoms with Crippen LogP contribution in [-0.2, 0) is 3.79 Å². The van der Waals surface area contributed by atoms with Crippen molar-refractivity contribution in [3.63, 3.8) is 0 Å². The number of hydrogen-bond donors (Lipinski definition) is 0. The summed E-state index contributed by atoms with van der Waals surface area (Å²) in [7, 11) is 4.37. The third-order valence-electron chi connectivity index (χ3n) is 2.22. The van der Waals surface area contributed by atoms with Gasteiger partial charge >= 0.3 is 15.8 Å². The molecule has 1 aliphatic heterocycles. The summed E-state index contributed by atoms with van der Waals surface area (Å²) in [5.41, 5.74) is 0. The molecule has 3 nitrogen and oxygen atoms in total. The van der Waals surface area contributed by atoms with Crippen LogP contribution in [0.4, 0.5) is 0 Å². The Balaban J connectivity index is 2.21. The van der Waals surface area contributed by atoms with Crippen LogP contribution in [0.2, 0.25) is 0 Å². The van der Waals surface area contributed by atoms with E-state index in [9.17, 15) is 0 Å². The fourth-order valence-electron chi connectivity index (χ4n) is 1.44. The van der Waals surface area contributed by atoms with Gasteiger partial charge in [0.15, 0.2) is 0 Å². The highest BCUT2D eigenvalue weighted by Gasteiger charge is 2.07. The van der Waals surface area contributed by atoms with Crippen molar-refractivity contribution in [1.29, 1.82) is 0 Å². The first-order chi connectivity index (χ1) is 5.79. The van der Waals surface area contributed by atoms with Crippen molar-refractivity contribution >= 4 is 15.8 Å². The molecule has 0 bridgehead atoms.